The summed E-state index contributed by atoms with van der Waals surface area (Å²) < 4.78 is 4.25. The van der Waals surface area contributed by atoms with Gasteiger partial charge in [0.2, 0.25) is 5.78 Å². The monoisotopic (exact) mass is 338 g/mol. The van der Waals surface area contributed by atoms with E-state index >= 15 is 0 Å². The first-order chi connectivity index (χ1) is 9.62. The van der Waals surface area contributed by atoms with Crippen LogP contribution in [0.2, 0.25) is 0 Å². The Balaban J connectivity index is 2.45. The van der Waals surface area contributed by atoms with Crippen LogP contribution in [0.4, 0.5) is 0 Å². The molecule has 0 unspecified atom stereocenters. The van der Waals surface area contributed by atoms with Gasteiger partial charge in [-0.25, -0.2) is 0 Å². The number of halogens is 1. The van der Waals surface area contributed by atoms with E-state index in [4.69, 9.17) is 0 Å². The Morgan fingerprint density at radius 2 is 2.05 bits per heavy atom. The van der Waals surface area contributed by atoms with Crippen LogP contribution in [0.15, 0.2) is 16.7 Å². The molecule has 2 rings (SSSR count). The molecule has 0 N–H and O–H groups in total. The summed E-state index contributed by atoms with van der Waals surface area (Å²) in [7, 11) is 0. The third-order valence-corrected chi connectivity index (χ3v) is 3.75. The van der Waals surface area contributed by atoms with Crippen LogP contribution >= 0.6 is 15.9 Å². The molecule has 0 atom stereocenters. The van der Waals surface area contributed by atoms with Gasteiger partial charge in [-0.15, -0.1) is 0 Å². The van der Waals surface area contributed by atoms with E-state index in [0.717, 1.165) is 29.6 Å². The summed E-state index contributed by atoms with van der Waals surface area (Å²) in [5.74, 6) is -0.0307. The molecule has 2 aromatic heterocycles. The van der Waals surface area contributed by atoms with Crippen molar-refractivity contribution in [3.8, 4) is 0 Å². The van der Waals surface area contributed by atoms with Gasteiger partial charge in [-0.2, -0.15) is 10.2 Å². The largest absolute Gasteiger partial charge is 0.285 e. The topological polar surface area (TPSA) is 52.7 Å². The third-order valence-electron chi connectivity index (χ3n) is 3.17. The Bertz CT molecular complexity index is 615. The second-order valence-electron chi connectivity index (χ2n) is 4.58. The van der Waals surface area contributed by atoms with E-state index in [2.05, 4.69) is 33.1 Å². The minimum absolute atomic E-state index is 0.0307. The highest BCUT2D eigenvalue weighted by Crippen LogP contribution is 2.21. The molecule has 0 radical (unpaired) electrons. The Kier molecular flexibility index (Phi) is 4.75. The van der Waals surface area contributed by atoms with Crippen LogP contribution in [-0.2, 0) is 19.5 Å². The number of aryl methyl sites for hydroxylation is 3. The number of ketones is 1. The SMILES string of the molecule is CCCn1ncc(Br)c1C(=O)c1cc(CC)nn1CC. The van der Waals surface area contributed by atoms with Crippen molar-refractivity contribution in [1.29, 1.82) is 0 Å². The lowest BCUT2D eigenvalue weighted by molar-refractivity contribution is 0.101. The zero-order chi connectivity index (χ0) is 14.7. The summed E-state index contributed by atoms with van der Waals surface area (Å²) in [5.41, 5.74) is 2.17. The van der Waals surface area contributed by atoms with Gasteiger partial charge in [-0.1, -0.05) is 13.8 Å². The number of hydrogen-bond donors (Lipinski definition) is 0. The zero-order valence-electron chi connectivity index (χ0n) is 12.1. The van der Waals surface area contributed by atoms with Crippen molar-refractivity contribution >= 4 is 21.7 Å². The van der Waals surface area contributed by atoms with E-state index in [0.29, 0.717) is 17.9 Å². The predicted octanol–water partition coefficient (Wildman–Crippen LogP) is 3.07. The maximum absolute atomic E-state index is 12.8. The molecular formula is C14H19BrN4O. The Hall–Kier alpha value is -1.43. The second-order valence-corrected chi connectivity index (χ2v) is 5.44. The van der Waals surface area contributed by atoms with Crippen molar-refractivity contribution in [1.82, 2.24) is 19.6 Å². The van der Waals surface area contributed by atoms with Gasteiger partial charge in [-0.05, 0) is 41.8 Å². The molecule has 0 aliphatic carbocycles. The fourth-order valence-electron chi connectivity index (χ4n) is 2.16. The zero-order valence-corrected chi connectivity index (χ0v) is 13.6. The van der Waals surface area contributed by atoms with E-state index in [1.165, 1.54) is 0 Å². The number of carbonyl (C=O) groups is 1. The molecule has 2 heterocycles. The lowest BCUT2D eigenvalue weighted by Crippen LogP contribution is -2.16. The molecule has 2 aromatic rings. The molecule has 20 heavy (non-hydrogen) atoms. The molecule has 0 spiro atoms. The van der Waals surface area contributed by atoms with Crippen molar-refractivity contribution < 1.29 is 4.79 Å². The third kappa shape index (κ3) is 2.70. The summed E-state index contributed by atoms with van der Waals surface area (Å²) >= 11 is 3.42. The Morgan fingerprint density at radius 1 is 1.30 bits per heavy atom. The van der Waals surface area contributed by atoms with Gasteiger partial charge in [0.1, 0.15) is 11.4 Å². The van der Waals surface area contributed by atoms with Crippen LogP contribution in [0, 0.1) is 0 Å². The van der Waals surface area contributed by atoms with E-state index in [9.17, 15) is 4.79 Å². The lowest BCUT2D eigenvalue weighted by atomic mass is 10.2. The fourth-order valence-corrected chi connectivity index (χ4v) is 2.63. The average Bonchev–Trinajstić information content (AvgIpc) is 3.02. The van der Waals surface area contributed by atoms with E-state index in [-0.39, 0.29) is 5.78 Å². The fraction of sp³-hybridized carbons (Fsp3) is 0.500. The standard InChI is InChI=1S/C14H19BrN4O/c1-4-7-19-13(11(15)9-16-19)14(20)12-8-10(5-2)17-18(12)6-3/h8-9H,4-7H2,1-3H3. The number of aromatic nitrogens is 4. The molecule has 0 aliphatic rings. The average molecular weight is 339 g/mol. The van der Waals surface area contributed by atoms with Crippen LogP contribution in [0.1, 0.15) is 49.1 Å². The Morgan fingerprint density at radius 3 is 2.65 bits per heavy atom. The van der Waals surface area contributed by atoms with Gasteiger partial charge in [-0.3, -0.25) is 14.2 Å². The molecule has 0 amide bonds. The Labute approximate surface area is 127 Å². The van der Waals surface area contributed by atoms with Gasteiger partial charge in [0.05, 0.1) is 16.4 Å². The van der Waals surface area contributed by atoms with Gasteiger partial charge in [0.15, 0.2) is 0 Å². The van der Waals surface area contributed by atoms with Gasteiger partial charge in [0.25, 0.3) is 0 Å². The van der Waals surface area contributed by atoms with Crippen LogP contribution in [0.3, 0.4) is 0 Å². The van der Waals surface area contributed by atoms with Gasteiger partial charge < -0.3 is 0 Å². The second kappa shape index (κ2) is 6.35. The van der Waals surface area contributed by atoms with Gasteiger partial charge in [0, 0.05) is 13.1 Å². The molecule has 0 bridgehead atoms. The van der Waals surface area contributed by atoms with E-state index < -0.39 is 0 Å². The first kappa shape index (κ1) is 15.0. The highest BCUT2D eigenvalue weighted by molar-refractivity contribution is 9.10. The number of hydrogen-bond acceptors (Lipinski definition) is 3. The highest BCUT2D eigenvalue weighted by atomic mass is 79.9. The minimum atomic E-state index is -0.0307. The molecule has 6 heteroatoms. The molecule has 108 valence electrons. The van der Waals surface area contributed by atoms with Crippen LogP contribution < -0.4 is 0 Å². The van der Waals surface area contributed by atoms with Crippen molar-refractivity contribution in [3.05, 3.63) is 33.8 Å². The van der Waals surface area contributed by atoms with Crippen molar-refractivity contribution in [2.75, 3.05) is 0 Å². The highest BCUT2D eigenvalue weighted by Gasteiger charge is 2.22. The van der Waals surface area contributed by atoms with Crippen LogP contribution in [0.25, 0.3) is 0 Å². The van der Waals surface area contributed by atoms with E-state index in [1.807, 2.05) is 19.9 Å². The van der Waals surface area contributed by atoms with Crippen molar-refractivity contribution in [2.24, 2.45) is 0 Å². The molecule has 0 saturated heterocycles. The molecule has 0 fully saturated rings. The molecule has 0 aromatic carbocycles. The summed E-state index contributed by atoms with van der Waals surface area (Å²) in [5, 5.41) is 8.69. The summed E-state index contributed by atoms with van der Waals surface area (Å²) in [6, 6.07) is 1.88. The van der Waals surface area contributed by atoms with Crippen LogP contribution in [0.5, 0.6) is 0 Å². The van der Waals surface area contributed by atoms with Crippen LogP contribution in [-0.4, -0.2) is 25.3 Å². The smallest absolute Gasteiger partial charge is 0.230 e. The number of rotatable bonds is 6. The maximum atomic E-state index is 12.8. The molecule has 5 nitrogen and oxygen atoms in total. The number of carbonyl (C=O) groups excluding carboxylic acids is 1. The first-order valence-corrected chi connectivity index (χ1v) is 7.74. The summed E-state index contributed by atoms with van der Waals surface area (Å²) in [6.45, 7) is 7.50. The van der Waals surface area contributed by atoms with Crippen molar-refractivity contribution in [2.45, 2.75) is 46.7 Å². The predicted molar refractivity (Wildman–Crippen MR) is 80.9 cm³/mol. The molecule has 0 aliphatic heterocycles. The van der Waals surface area contributed by atoms with E-state index in [1.54, 1.807) is 15.6 Å². The molecule has 0 saturated carbocycles. The minimum Gasteiger partial charge on any atom is -0.285 e. The molecular weight excluding hydrogens is 320 g/mol. The normalized spacial score (nSPS) is 11.0. The quantitative estimate of drug-likeness (QED) is 0.760. The number of nitrogens with zero attached hydrogens (tertiary/aromatic N) is 4. The van der Waals surface area contributed by atoms with Crippen molar-refractivity contribution in [3.63, 3.8) is 0 Å². The van der Waals surface area contributed by atoms with Gasteiger partial charge >= 0.3 is 0 Å². The maximum Gasteiger partial charge on any atom is 0.230 e. The summed E-state index contributed by atoms with van der Waals surface area (Å²) in [6.07, 6.45) is 3.43. The summed E-state index contributed by atoms with van der Waals surface area (Å²) in [4.78, 5) is 12.8. The first-order valence-electron chi connectivity index (χ1n) is 6.95. The lowest BCUT2D eigenvalue weighted by Gasteiger charge is -2.07.